The number of likely N-dealkylation sites (tertiary alicyclic amines) is 1. The number of cyclic esters (lactones) is 1. The summed E-state index contributed by atoms with van der Waals surface area (Å²) >= 11 is 0. The molecule has 5 heterocycles. The summed E-state index contributed by atoms with van der Waals surface area (Å²) < 4.78 is 24.0. The molecule has 0 unspecified atom stereocenters. The van der Waals surface area contributed by atoms with Crippen molar-refractivity contribution in [1.29, 1.82) is 0 Å². The molecule has 1 aromatic rings. The molecule has 0 radical (unpaired) electrons. The fourth-order valence-electron chi connectivity index (χ4n) is 7.97. The second-order valence-electron chi connectivity index (χ2n) is 13.3. The summed E-state index contributed by atoms with van der Waals surface area (Å²) in [7, 11) is 1.51. The molecule has 5 aliphatic rings. The molecule has 13 heteroatoms. The molecule has 2 N–H and O–H groups in total. The number of hydrogen-bond acceptors (Lipinski definition) is 10. The molecule has 3 saturated heterocycles. The molecule has 0 aromatic heterocycles. The third kappa shape index (κ3) is 6.91. The van der Waals surface area contributed by atoms with Gasteiger partial charge >= 0.3 is 5.97 Å². The first kappa shape index (κ1) is 35.2. The van der Waals surface area contributed by atoms with E-state index >= 15 is 0 Å². The predicted molar refractivity (Wildman–Crippen MR) is 177 cm³/mol. The molecular formula is C36H48N4O9. The zero-order chi connectivity index (χ0) is 34.5. The van der Waals surface area contributed by atoms with Crippen LogP contribution in [0.2, 0.25) is 0 Å². The van der Waals surface area contributed by atoms with Crippen molar-refractivity contribution >= 4 is 23.7 Å². The maximum absolute atomic E-state index is 14.7. The van der Waals surface area contributed by atoms with Crippen molar-refractivity contribution < 1.29 is 43.2 Å². The van der Waals surface area contributed by atoms with Crippen LogP contribution in [0.3, 0.4) is 0 Å². The quantitative estimate of drug-likeness (QED) is 0.284. The number of aliphatic hydroxyl groups excluding tert-OH is 1. The second kappa shape index (κ2) is 15.5. The van der Waals surface area contributed by atoms with Crippen LogP contribution in [0.4, 0.5) is 0 Å². The largest absolute Gasteiger partial charge is 0.455 e. The van der Waals surface area contributed by atoms with Gasteiger partial charge in [-0.05, 0) is 18.4 Å². The summed E-state index contributed by atoms with van der Waals surface area (Å²) in [4.78, 5) is 62.3. The molecule has 0 aliphatic carbocycles. The predicted octanol–water partition coefficient (Wildman–Crippen LogP) is 0.834. The highest BCUT2D eigenvalue weighted by Gasteiger charge is 2.72. The maximum atomic E-state index is 14.7. The van der Waals surface area contributed by atoms with Crippen LogP contribution in [-0.2, 0) is 38.1 Å². The summed E-state index contributed by atoms with van der Waals surface area (Å²) in [5, 5.41) is 13.4. The van der Waals surface area contributed by atoms with Gasteiger partial charge in [-0.15, -0.1) is 0 Å². The summed E-state index contributed by atoms with van der Waals surface area (Å²) in [5.74, 6) is -3.81. The molecule has 6 rings (SSSR count). The number of amides is 3. The van der Waals surface area contributed by atoms with Gasteiger partial charge in [0, 0.05) is 46.3 Å². The fourth-order valence-corrected chi connectivity index (χ4v) is 7.97. The number of nitrogens with one attached hydrogen (secondary N) is 1. The Hall–Kier alpha value is -3.62. The van der Waals surface area contributed by atoms with Gasteiger partial charge in [-0.25, -0.2) is 0 Å². The van der Waals surface area contributed by atoms with E-state index in [1.807, 2.05) is 43.3 Å². The van der Waals surface area contributed by atoms with E-state index in [-0.39, 0.29) is 31.4 Å². The maximum Gasteiger partial charge on any atom is 0.313 e. The zero-order valence-electron chi connectivity index (χ0n) is 28.3. The van der Waals surface area contributed by atoms with E-state index in [4.69, 9.17) is 18.9 Å². The van der Waals surface area contributed by atoms with Gasteiger partial charge in [0.15, 0.2) is 0 Å². The van der Waals surface area contributed by atoms with E-state index in [2.05, 4.69) is 10.2 Å². The smallest absolute Gasteiger partial charge is 0.313 e. The molecule has 5 aliphatic heterocycles. The number of hydrogen-bond donors (Lipinski definition) is 2. The lowest BCUT2D eigenvalue weighted by Gasteiger charge is -2.38. The highest BCUT2D eigenvalue weighted by molar-refractivity contribution is 5.99. The number of allylic oxidation sites excluding steroid dienone is 1. The SMILES string of the molecule is CC[C@@H](CO)N1C(=O)[C@H]2[C@@H]3C(=O)O[C@@H](c4ccccc4)[C@H](COC)NC(=O)CC/C=C\[C@@H]3O[C@]23C=CCN(CCN2CCOCC2)C(=O)[C@H]13. The lowest BCUT2D eigenvalue weighted by molar-refractivity contribution is -0.163. The minimum Gasteiger partial charge on any atom is -0.455 e. The Morgan fingerprint density at radius 1 is 1.06 bits per heavy atom. The molecule has 1 aromatic carbocycles. The van der Waals surface area contributed by atoms with Crippen LogP contribution in [0.5, 0.6) is 0 Å². The highest BCUT2D eigenvalue weighted by Crippen LogP contribution is 2.54. The summed E-state index contributed by atoms with van der Waals surface area (Å²) in [6, 6.07) is 6.65. The molecular weight excluding hydrogens is 632 g/mol. The van der Waals surface area contributed by atoms with Gasteiger partial charge in [0.25, 0.3) is 0 Å². The van der Waals surface area contributed by atoms with Gasteiger partial charge < -0.3 is 39.2 Å². The van der Waals surface area contributed by atoms with Crippen molar-refractivity contribution in [2.75, 3.05) is 66.3 Å². The van der Waals surface area contributed by atoms with Crippen LogP contribution in [0.1, 0.15) is 37.9 Å². The lowest BCUT2D eigenvalue weighted by Crippen LogP contribution is -2.58. The van der Waals surface area contributed by atoms with Crippen LogP contribution in [0, 0.1) is 11.8 Å². The van der Waals surface area contributed by atoms with Crippen molar-refractivity contribution in [2.24, 2.45) is 11.8 Å². The van der Waals surface area contributed by atoms with Crippen molar-refractivity contribution in [3.63, 3.8) is 0 Å². The average molecular weight is 681 g/mol. The number of benzene rings is 1. The zero-order valence-corrected chi connectivity index (χ0v) is 28.3. The number of fused-ring (bicyclic) bond motifs is 2. The average Bonchev–Trinajstić information content (AvgIpc) is 3.50. The minimum atomic E-state index is -1.48. The Morgan fingerprint density at radius 3 is 2.55 bits per heavy atom. The number of carbonyl (C=O) groups excluding carboxylic acids is 4. The Morgan fingerprint density at radius 2 is 1.84 bits per heavy atom. The molecule has 13 nitrogen and oxygen atoms in total. The van der Waals surface area contributed by atoms with E-state index in [1.165, 1.54) is 12.0 Å². The molecule has 0 saturated carbocycles. The number of aliphatic hydroxyl groups is 1. The third-order valence-electron chi connectivity index (χ3n) is 10.4. The molecule has 0 bridgehead atoms. The Labute approximate surface area is 287 Å². The first-order valence-corrected chi connectivity index (χ1v) is 17.4. The standard InChI is InChI=1S/C36H48N4O9/c1-3-25(22-41)40-32-34(44)39(17-16-38-18-20-47-21-19-38)15-9-14-36(32)30(33(40)43)29-27(49-36)12-7-8-13-28(42)37-26(23-46-2)31(48-35(29)45)24-10-5-4-6-11-24/h4-7,9-12,14,25-27,29-32,41H,3,8,13,15-23H2,1-2H3,(H,37,42)/b12-7-/t25-,26-,27-,29+,30+,31-,32-,36+/m0/s1. The normalized spacial score (nSPS) is 33.8. The van der Waals surface area contributed by atoms with Crippen molar-refractivity contribution in [1.82, 2.24) is 20.0 Å². The van der Waals surface area contributed by atoms with Crippen LogP contribution in [-0.4, -0.2) is 140 Å². The van der Waals surface area contributed by atoms with Crippen molar-refractivity contribution in [3.8, 4) is 0 Å². The fraction of sp³-hybridized carbons (Fsp3) is 0.611. The Kier molecular flexibility index (Phi) is 11.1. The van der Waals surface area contributed by atoms with E-state index in [9.17, 15) is 24.3 Å². The van der Waals surface area contributed by atoms with E-state index in [0.29, 0.717) is 51.3 Å². The number of morpholine rings is 1. The number of carbonyl (C=O) groups is 4. The molecule has 49 heavy (non-hydrogen) atoms. The van der Waals surface area contributed by atoms with E-state index in [1.54, 1.807) is 23.1 Å². The number of nitrogens with zero attached hydrogens (tertiary/aromatic N) is 3. The van der Waals surface area contributed by atoms with Gasteiger partial charge in [0.2, 0.25) is 17.7 Å². The van der Waals surface area contributed by atoms with Gasteiger partial charge in [0.05, 0.1) is 50.5 Å². The number of esters is 1. The molecule has 266 valence electrons. The van der Waals surface area contributed by atoms with Crippen LogP contribution in [0.25, 0.3) is 0 Å². The minimum absolute atomic E-state index is 0.0768. The molecule has 3 amide bonds. The first-order chi connectivity index (χ1) is 23.8. The first-order valence-electron chi connectivity index (χ1n) is 17.4. The van der Waals surface area contributed by atoms with E-state index < -0.39 is 59.6 Å². The third-order valence-corrected chi connectivity index (χ3v) is 10.4. The van der Waals surface area contributed by atoms with Gasteiger partial charge in [-0.1, -0.05) is 61.6 Å². The molecule has 8 atom stereocenters. The monoisotopic (exact) mass is 680 g/mol. The van der Waals surface area contributed by atoms with Gasteiger partial charge in [-0.2, -0.15) is 0 Å². The van der Waals surface area contributed by atoms with Crippen LogP contribution >= 0.6 is 0 Å². The summed E-state index contributed by atoms with van der Waals surface area (Å²) in [5.41, 5.74) is -0.828. The van der Waals surface area contributed by atoms with Crippen LogP contribution < -0.4 is 5.32 Å². The van der Waals surface area contributed by atoms with Crippen LogP contribution in [0.15, 0.2) is 54.6 Å². The van der Waals surface area contributed by atoms with Crippen molar-refractivity contribution in [2.45, 2.75) is 62.1 Å². The topological polar surface area (TPSA) is 147 Å². The van der Waals surface area contributed by atoms with Gasteiger partial charge in [-0.3, -0.25) is 24.1 Å². The number of ether oxygens (including phenoxy) is 4. The summed E-state index contributed by atoms with van der Waals surface area (Å²) in [6.07, 6.45) is 6.26. The Bertz CT molecular complexity index is 1410. The van der Waals surface area contributed by atoms with Crippen molar-refractivity contribution in [3.05, 3.63) is 60.2 Å². The summed E-state index contributed by atoms with van der Waals surface area (Å²) in [6.45, 7) is 5.81. The van der Waals surface area contributed by atoms with Gasteiger partial charge in [0.1, 0.15) is 23.7 Å². The number of rotatable bonds is 9. The Balaban J connectivity index is 1.39. The number of methoxy groups -OCH3 is 1. The van der Waals surface area contributed by atoms with E-state index in [0.717, 1.165) is 13.1 Å². The molecule has 1 spiro atoms. The highest BCUT2D eigenvalue weighted by atomic mass is 16.6. The second-order valence-corrected chi connectivity index (χ2v) is 13.3. The molecule has 3 fully saturated rings. The lowest BCUT2D eigenvalue weighted by atomic mass is 9.77.